The molecule has 2 aromatic rings. The zero-order chi connectivity index (χ0) is 14.5. The molecule has 3 N–H and O–H groups in total. The number of amides is 2. The number of rotatable bonds is 5. The lowest BCUT2D eigenvalue weighted by atomic mass is 10.1. The largest absolute Gasteiger partial charge is 0.479 e. The molecule has 0 aromatic carbocycles. The van der Waals surface area contributed by atoms with Gasteiger partial charge in [-0.2, -0.15) is 5.10 Å². The molecule has 1 unspecified atom stereocenters. The second-order valence-electron chi connectivity index (χ2n) is 4.03. The number of thiazole rings is 1. The van der Waals surface area contributed by atoms with Crippen LogP contribution in [0.4, 0.5) is 4.79 Å². The van der Waals surface area contributed by atoms with Gasteiger partial charge in [0.25, 0.3) is 0 Å². The van der Waals surface area contributed by atoms with Gasteiger partial charge in [0.1, 0.15) is 0 Å². The van der Waals surface area contributed by atoms with Gasteiger partial charge in [0.2, 0.25) is 0 Å². The van der Waals surface area contributed by atoms with Crippen LogP contribution in [0.1, 0.15) is 17.3 Å². The average Bonchev–Trinajstić information content (AvgIpc) is 3.04. The van der Waals surface area contributed by atoms with Crippen molar-refractivity contribution in [3.8, 4) is 0 Å². The van der Waals surface area contributed by atoms with Gasteiger partial charge in [0.05, 0.1) is 23.9 Å². The van der Waals surface area contributed by atoms with Crippen LogP contribution in [0.5, 0.6) is 0 Å². The SMILES string of the molecule is Cn1cc(C(NC(=O)NCc2cscn2)C(=O)O)cn1. The van der Waals surface area contributed by atoms with Crippen LogP contribution < -0.4 is 10.6 Å². The molecular weight excluding hydrogens is 282 g/mol. The summed E-state index contributed by atoms with van der Waals surface area (Å²) < 4.78 is 1.47. The molecule has 9 heteroatoms. The van der Waals surface area contributed by atoms with Gasteiger partial charge in [-0.1, -0.05) is 0 Å². The molecule has 2 heterocycles. The Hall–Kier alpha value is -2.42. The molecule has 0 saturated heterocycles. The maximum absolute atomic E-state index is 11.7. The second-order valence-corrected chi connectivity index (χ2v) is 4.74. The lowest BCUT2D eigenvalue weighted by Crippen LogP contribution is -2.40. The molecule has 0 spiro atoms. The van der Waals surface area contributed by atoms with E-state index >= 15 is 0 Å². The molecule has 1 atom stereocenters. The van der Waals surface area contributed by atoms with E-state index in [2.05, 4.69) is 20.7 Å². The third-order valence-electron chi connectivity index (χ3n) is 2.49. The van der Waals surface area contributed by atoms with Crippen molar-refractivity contribution in [1.29, 1.82) is 0 Å². The predicted octanol–water partition coefficient (Wildman–Crippen LogP) is 0.502. The third-order valence-corrected chi connectivity index (χ3v) is 3.13. The molecule has 8 nitrogen and oxygen atoms in total. The number of hydrogen-bond acceptors (Lipinski definition) is 5. The summed E-state index contributed by atoms with van der Waals surface area (Å²) >= 11 is 1.42. The normalized spacial score (nSPS) is 11.8. The number of urea groups is 1. The van der Waals surface area contributed by atoms with Crippen LogP contribution in [-0.2, 0) is 18.4 Å². The van der Waals surface area contributed by atoms with E-state index in [1.54, 1.807) is 24.1 Å². The Balaban J connectivity index is 1.94. The molecule has 106 valence electrons. The topological polar surface area (TPSA) is 109 Å². The van der Waals surface area contributed by atoms with Crippen molar-refractivity contribution >= 4 is 23.3 Å². The fourth-order valence-electron chi connectivity index (χ4n) is 1.55. The molecule has 0 aliphatic carbocycles. The molecule has 2 rings (SSSR count). The summed E-state index contributed by atoms with van der Waals surface area (Å²) in [5.74, 6) is -1.15. The average molecular weight is 295 g/mol. The minimum absolute atomic E-state index is 0.245. The van der Waals surface area contributed by atoms with Crippen LogP contribution in [0.2, 0.25) is 0 Å². The predicted molar refractivity (Wildman–Crippen MR) is 71.1 cm³/mol. The van der Waals surface area contributed by atoms with Crippen molar-refractivity contribution in [1.82, 2.24) is 25.4 Å². The molecular formula is C11H13N5O3S. The standard InChI is InChI=1S/C11H13N5O3S/c1-16-4-7(2-14-16)9(10(17)18)15-11(19)12-3-8-5-20-6-13-8/h2,4-6,9H,3H2,1H3,(H,17,18)(H2,12,15,19). The molecule has 0 aliphatic heterocycles. The van der Waals surface area contributed by atoms with Gasteiger partial charge in [-0.3, -0.25) is 4.68 Å². The summed E-state index contributed by atoms with van der Waals surface area (Å²) in [6.07, 6.45) is 2.94. The van der Waals surface area contributed by atoms with Crippen molar-refractivity contribution < 1.29 is 14.7 Å². The zero-order valence-corrected chi connectivity index (χ0v) is 11.4. The van der Waals surface area contributed by atoms with Crippen LogP contribution in [0.25, 0.3) is 0 Å². The number of nitrogens with zero attached hydrogens (tertiary/aromatic N) is 3. The van der Waals surface area contributed by atoms with Crippen LogP contribution in [-0.4, -0.2) is 31.9 Å². The maximum Gasteiger partial charge on any atom is 0.331 e. The Labute approximate surface area is 118 Å². The summed E-state index contributed by atoms with van der Waals surface area (Å²) in [5, 5.41) is 19.8. The quantitative estimate of drug-likeness (QED) is 0.744. The first-order chi connectivity index (χ1) is 9.56. The van der Waals surface area contributed by atoms with Gasteiger partial charge in [-0.05, 0) is 0 Å². The van der Waals surface area contributed by atoms with Crippen molar-refractivity contribution in [3.63, 3.8) is 0 Å². The summed E-state index contributed by atoms with van der Waals surface area (Å²) in [4.78, 5) is 26.9. The second kappa shape index (κ2) is 6.15. The smallest absolute Gasteiger partial charge is 0.331 e. The number of carboxylic acids is 1. The summed E-state index contributed by atoms with van der Waals surface area (Å²) in [6.45, 7) is 0.245. The highest BCUT2D eigenvalue weighted by Crippen LogP contribution is 2.11. The summed E-state index contributed by atoms with van der Waals surface area (Å²) in [6, 6.07) is -1.71. The lowest BCUT2D eigenvalue weighted by Gasteiger charge is -2.13. The van der Waals surface area contributed by atoms with Crippen LogP contribution in [0, 0.1) is 0 Å². The van der Waals surface area contributed by atoms with Crippen molar-refractivity contribution in [2.75, 3.05) is 0 Å². The number of carbonyl (C=O) groups is 2. The number of carbonyl (C=O) groups excluding carboxylic acids is 1. The fraction of sp³-hybridized carbons (Fsp3) is 0.273. The molecule has 2 aromatic heterocycles. The molecule has 0 saturated carbocycles. The highest BCUT2D eigenvalue weighted by Gasteiger charge is 2.23. The first-order valence-corrected chi connectivity index (χ1v) is 6.63. The van der Waals surface area contributed by atoms with Gasteiger partial charge < -0.3 is 15.7 Å². The Kier molecular flexibility index (Phi) is 4.31. The van der Waals surface area contributed by atoms with E-state index in [0.29, 0.717) is 5.56 Å². The minimum atomic E-state index is -1.15. The number of aliphatic carboxylic acids is 1. The van der Waals surface area contributed by atoms with Crippen LogP contribution in [0.15, 0.2) is 23.3 Å². The number of aryl methyl sites for hydroxylation is 1. The lowest BCUT2D eigenvalue weighted by molar-refractivity contribution is -0.139. The Morgan fingerprint density at radius 1 is 1.55 bits per heavy atom. The van der Waals surface area contributed by atoms with Gasteiger partial charge in [0.15, 0.2) is 6.04 Å². The number of hydrogen-bond donors (Lipinski definition) is 3. The Morgan fingerprint density at radius 2 is 2.35 bits per heavy atom. The maximum atomic E-state index is 11.7. The Morgan fingerprint density at radius 3 is 2.90 bits per heavy atom. The van der Waals surface area contributed by atoms with Gasteiger partial charge in [-0.15, -0.1) is 11.3 Å². The summed E-state index contributed by atoms with van der Waals surface area (Å²) in [5.41, 5.74) is 2.78. The van der Waals surface area contributed by atoms with Gasteiger partial charge >= 0.3 is 12.0 Å². The highest BCUT2D eigenvalue weighted by molar-refractivity contribution is 7.07. The zero-order valence-electron chi connectivity index (χ0n) is 10.6. The first kappa shape index (κ1) is 14.0. The fourth-order valence-corrected chi connectivity index (χ4v) is 2.11. The third kappa shape index (κ3) is 3.54. The monoisotopic (exact) mass is 295 g/mol. The number of carboxylic acid groups (broad SMARTS) is 1. The number of aromatic nitrogens is 3. The van der Waals surface area contributed by atoms with Crippen molar-refractivity contribution in [3.05, 3.63) is 34.5 Å². The van der Waals surface area contributed by atoms with Crippen LogP contribution >= 0.6 is 11.3 Å². The van der Waals surface area contributed by atoms with E-state index < -0.39 is 18.0 Å². The van der Waals surface area contributed by atoms with E-state index in [0.717, 1.165) is 5.69 Å². The first-order valence-electron chi connectivity index (χ1n) is 5.69. The van der Waals surface area contributed by atoms with Crippen molar-refractivity contribution in [2.24, 2.45) is 7.05 Å². The van der Waals surface area contributed by atoms with Gasteiger partial charge in [0, 0.05) is 24.2 Å². The molecule has 20 heavy (non-hydrogen) atoms. The Bertz CT molecular complexity index is 595. The highest BCUT2D eigenvalue weighted by atomic mass is 32.1. The minimum Gasteiger partial charge on any atom is -0.479 e. The van der Waals surface area contributed by atoms with E-state index in [-0.39, 0.29) is 6.54 Å². The molecule has 0 bridgehead atoms. The van der Waals surface area contributed by atoms with E-state index in [1.165, 1.54) is 22.2 Å². The molecule has 2 amide bonds. The van der Waals surface area contributed by atoms with Gasteiger partial charge in [-0.25, -0.2) is 14.6 Å². The molecule has 0 fully saturated rings. The van der Waals surface area contributed by atoms with Crippen LogP contribution in [0.3, 0.4) is 0 Å². The number of nitrogens with one attached hydrogen (secondary N) is 2. The van der Waals surface area contributed by atoms with E-state index in [1.807, 2.05) is 0 Å². The molecule has 0 radical (unpaired) electrons. The van der Waals surface area contributed by atoms with E-state index in [9.17, 15) is 9.59 Å². The molecule has 0 aliphatic rings. The van der Waals surface area contributed by atoms with E-state index in [4.69, 9.17) is 5.11 Å². The van der Waals surface area contributed by atoms with Crippen molar-refractivity contribution in [2.45, 2.75) is 12.6 Å². The summed E-state index contributed by atoms with van der Waals surface area (Å²) in [7, 11) is 1.67.